The summed E-state index contributed by atoms with van der Waals surface area (Å²) in [5.41, 5.74) is 3.98. The summed E-state index contributed by atoms with van der Waals surface area (Å²) in [4.78, 5) is 14.3. The molecule has 0 aliphatic rings. The smallest absolute Gasteiger partial charge is 0.0907 e. The van der Waals surface area contributed by atoms with Gasteiger partial charge in [-0.05, 0) is 32.0 Å². The summed E-state index contributed by atoms with van der Waals surface area (Å²) in [6.07, 6.45) is 3.42. The van der Waals surface area contributed by atoms with Crippen molar-refractivity contribution in [3.63, 3.8) is 0 Å². The number of benzene rings is 1. The lowest BCUT2D eigenvalue weighted by Crippen LogP contribution is -1.99. The fourth-order valence-electron chi connectivity index (χ4n) is 1.99. The maximum atomic E-state index is 4.43. The van der Waals surface area contributed by atoms with E-state index in [0.29, 0.717) is 0 Å². The lowest BCUT2D eigenvalue weighted by atomic mass is 10.2. The van der Waals surface area contributed by atoms with Crippen LogP contribution >= 0.6 is 11.3 Å². The molecular formula is C14H14N4S. The zero-order chi connectivity index (χ0) is 13.2. The van der Waals surface area contributed by atoms with E-state index in [9.17, 15) is 0 Å². The van der Waals surface area contributed by atoms with Gasteiger partial charge >= 0.3 is 0 Å². The number of thiazole rings is 1. The summed E-state index contributed by atoms with van der Waals surface area (Å²) in [6.45, 7) is 4.88. The van der Waals surface area contributed by atoms with Crippen LogP contribution in [0.1, 0.15) is 15.6 Å². The van der Waals surface area contributed by atoms with E-state index in [2.05, 4.69) is 20.3 Å². The Morgan fingerprint density at radius 1 is 1.11 bits per heavy atom. The molecule has 19 heavy (non-hydrogen) atoms. The number of fused-ring (bicyclic) bond motifs is 1. The van der Waals surface area contributed by atoms with Crippen molar-refractivity contribution in [2.75, 3.05) is 5.32 Å². The summed E-state index contributed by atoms with van der Waals surface area (Å²) in [5, 5.41) is 4.52. The van der Waals surface area contributed by atoms with Gasteiger partial charge < -0.3 is 5.32 Å². The van der Waals surface area contributed by atoms with Gasteiger partial charge in [-0.25, -0.2) is 4.98 Å². The second-order valence-corrected chi connectivity index (χ2v) is 5.64. The number of rotatable bonds is 3. The molecule has 1 N–H and O–H groups in total. The van der Waals surface area contributed by atoms with Crippen LogP contribution in [-0.4, -0.2) is 15.0 Å². The molecular weight excluding hydrogens is 256 g/mol. The quantitative estimate of drug-likeness (QED) is 0.793. The van der Waals surface area contributed by atoms with Gasteiger partial charge in [0.15, 0.2) is 0 Å². The molecule has 0 unspecified atom stereocenters. The molecule has 96 valence electrons. The molecule has 2 aromatic heterocycles. The van der Waals surface area contributed by atoms with Crippen LogP contribution in [0.15, 0.2) is 30.6 Å². The van der Waals surface area contributed by atoms with Crippen molar-refractivity contribution in [1.29, 1.82) is 0 Å². The zero-order valence-electron chi connectivity index (χ0n) is 10.8. The average molecular weight is 270 g/mol. The Hall–Kier alpha value is -2.01. The lowest BCUT2D eigenvalue weighted by Gasteiger charge is -2.06. The molecule has 0 radical (unpaired) electrons. The highest BCUT2D eigenvalue weighted by Gasteiger charge is 2.04. The van der Waals surface area contributed by atoms with Crippen molar-refractivity contribution in [1.82, 2.24) is 15.0 Å². The number of anilines is 1. The molecule has 0 fully saturated rings. The van der Waals surface area contributed by atoms with Crippen molar-refractivity contribution in [3.8, 4) is 0 Å². The molecule has 1 aromatic carbocycles. The molecule has 0 aliphatic carbocycles. The van der Waals surface area contributed by atoms with Gasteiger partial charge in [-0.15, -0.1) is 11.3 Å². The average Bonchev–Trinajstić information content (AvgIpc) is 2.74. The summed E-state index contributed by atoms with van der Waals surface area (Å²) < 4.78 is 0. The molecule has 0 aliphatic heterocycles. The van der Waals surface area contributed by atoms with Crippen LogP contribution in [-0.2, 0) is 6.54 Å². The molecule has 3 rings (SSSR count). The van der Waals surface area contributed by atoms with Crippen molar-refractivity contribution in [2.24, 2.45) is 0 Å². The van der Waals surface area contributed by atoms with Gasteiger partial charge in [0, 0.05) is 23.0 Å². The molecule has 0 spiro atoms. The van der Waals surface area contributed by atoms with Gasteiger partial charge in [0.2, 0.25) is 0 Å². The Kier molecular flexibility index (Phi) is 3.13. The van der Waals surface area contributed by atoms with Crippen molar-refractivity contribution < 1.29 is 0 Å². The SMILES string of the molecule is Cc1nc(C)c(CNc2ccc3nccnc3c2)s1. The number of aromatic nitrogens is 3. The summed E-state index contributed by atoms with van der Waals surface area (Å²) in [5.74, 6) is 0. The second kappa shape index (κ2) is 4.93. The monoisotopic (exact) mass is 270 g/mol. The van der Waals surface area contributed by atoms with Gasteiger partial charge in [-0.3, -0.25) is 9.97 Å². The van der Waals surface area contributed by atoms with Crippen LogP contribution in [0, 0.1) is 13.8 Å². The van der Waals surface area contributed by atoms with E-state index in [4.69, 9.17) is 0 Å². The molecule has 3 aromatic rings. The summed E-state index contributed by atoms with van der Waals surface area (Å²) in [6, 6.07) is 6.03. The van der Waals surface area contributed by atoms with Crippen LogP contribution in [0.4, 0.5) is 5.69 Å². The van der Waals surface area contributed by atoms with Gasteiger partial charge in [0.1, 0.15) is 0 Å². The normalized spacial score (nSPS) is 10.8. The van der Waals surface area contributed by atoms with E-state index in [-0.39, 0.29) is 0 Å². The van der Waals surface area contributed by atoms with E-state index in [1.165, 1.54) is 4.88 Å². The molecule has 0 saturated heterocycles. The summed E-state index contributed by atoms with van der Waals surface area (Å²) >= 11 is 1.74. The van der Waals surface area contributed by atoms with Gasteiger partial charge in [0.05, 0.1) is 28.3 Å². The highest BCUT2D eigenvalue weighted by atomic mass is 32.1. The molecule has 4 nitrogen and oxygen atoms in total. The highest BCUT2D eigenvalue weighted by Crippen LogP contribution is 2.20. The fraction of sp³-hybridized carbons (Fsp3) is 0.214. The second-order valence-electron chi connectivity index (χ2n) is 4.35. The Bertz CT molecular complexity index is 720. The molecule has 0 amide bonds. The van der Waals surface area contributed by atoms with E-state index in [1.807, 2.05) is 32.0 Å². The first-order valence-corrected chi connectivity index (χ1v) is 6.91. The van der Waals surface area contributed by atoms with Crippen molar-refractivity contribution in [3.05, 3.63) is 46.2 Å². The molecule has 0 saturated carbocycles. The van der Waals surface area contributed by atoms with Crippen LogP contribution in [0.2, 0.25) is 0 Å². The van der Waals surface area contributed by atoms with Crippen LogP contribution < -0.4 is 5.32 Å². The van der Waals surface area contributed by atoms with E-state index in [0.717, 1.165) is 34.0 Å². The topological polar surface area (TPSA) is 50.7 Å². The van der Waals surface area contributed by atoms with E-state index >= 15 is 0 Å². The number of nitrogens with one attached hydrogen (secondary N) is 1. The minimum atomic E-state index is 0.795. The first-order chi connectivity index (χ1) is 9.22. The van der Waals surface area contributed by atoms with Crippen molar-refractivity contribution >= 4 is 28.1 Å². The Balaban J connectivity index is 1.80. The third kappa shape index (κ3) is 2.56. The van der Waals surface area contributed by atoms with Crippen LogP contribution in [0.3, 0.4) is 0 Å². The van der Waals surface area contributed by atoms with Gasteiger partial charge in [-0.2, -0.15) is 0 Å². The largest absolute Gasteiger partial charge is 0.380 e. The standard InChI is InChI=1S/C14H14N4S/c1-9-14(19-10(2)18-9)8-17-11-3-4-12-13(7-11)16-6-5-15-12/h3-7,17H,8H2,1-2H3. The Morgan fingerprint density at radius 2 is 1.89 bits per heavy atom. The highest BCUT2D eigenvalue weighted by molar-refractivity contribution is 7.11. The Labute approximate surface area is 115 Å². The number of hydrogen-bond donors (Lipinski definition) is 1. The number of aryl methyl sites for hydroxylation is 2. The van der Waals surface area contributed by atoms with Gasteiger partial charge in [-0.1, -0.05) is 0 Å². The number of hydrogen-bond acceptors (Lipinski definition) is 5. The van der Waals surface area contributed by atoms with E-state index < -0.39 is 0 Å². The van der Waals surface area contributed by atoms with Gasteiger partial charge in [0.25, 0.3) is 0 Å². The molecule has 5 heteroatoms. The van der Waals surface area contributed by atoms with E-state index in [1.54, 1.807) is 23.7 Å². The lowest BCUT2D eigenvalue weighted by molar-refractivity contribution is 1.11. The molecule has 0 atom stereocenters. The Morgan fingerprint density at radius 3 is 2.63 bits per heavy atom. The summed E-state index contributed by atoms with van der Waals surface area (Å²) in [7, 11) is 0. The predicted octanol–water partition coefficient (Wildman–Crippen LogP) is 3.32. The molecule has 0 bridgehead atoms. The number of nitrogens with zero attached hydrogens (tertiary/aromatic N) is 3. The van der Waals surface area contributed by atoms with Crippen LogP contribution in [0.25, 0.3) is 11.0 Å². The van der Waals surface area contributed by atoms with Crippen molar-refractivity contribution in [2.45, 2.75) is 20.4 Å². The fourth-order valence-corrected chi connectivity index (χ4v) is 2.87. The first-order valence-electron chi connectivity index (χ1n) is 6.10. The maximum absolute atomic E-state index is 4.43. The minimum absolute atomic E-state index is 0.795. The third-order valence-electron chi connectivity index (χ3n) is 2.92. The first kappa shape index (κ1) is 12.0. The van der Waals surface area contributed by atoms with Crippen LogP contribution in [0.5, 0.6) is 0 Å². The third-order valence-corrected chi connectivity index (χ3v) is 3.99. The predicted molar refractivity (Wildman–Crippen MR) is 78.5 cm³/mol. The molecule has 2 heterocycles. The zero-order valence-corrected chi connectivity index (χ0v) is 11.7. The maximum Gasteiger partial charge on any atom is 0.0907 e. The minimum Gasteiger partial charge on any atom is -0.380 e.